The first kappa shape index (κ1) is 15.2. The topological polar surface area (TPSA) is 69.1 Å². The molecule has 1 aromatic heterocycles. The molecule has 4 rings (SSSR count). The zero-order valence-electron chi connectivity index (χ0n) is 13.7. The van der Waals surface area contributed by atoms with Crippen LogP contribution in [0, 0.1) is 16.7 Å². The quantitative estimate of drug-likeness (QED) is 0.924. The normalized spacial score (nSPS) is 19.7. The van der Waals surface area contributed by atoms with Gasteiger partial charge < -0.3 is 14.6 Å². The maximum Gasteiger partial charge on any atom is 0.224 e. The van der Waals surface area contributed by atoms with Crippen LogP contribution in [0.15, 0.2) is 24.3 Å². The Morgan fingerprint density at radius 3 is 2.92 bits per heavy atom. The average Bonchev–Trinajstić information content (AvgIpc) is 3.00. The zero-order valence-corrected chi connectivity index (χ0v) is 13.7. The lowest BCUT2D eigenvalue weighted by molar-refractivity contribution is -0.135. The molecule has 0 radical (unpaired) electrons. The molecule has 0 unspecified atom stereocenters. The fraction of sp³-hybridized carbons (Fsp3) is 0.474. The maximum absolute atomic E-state index is 12.8. The minimum atomic E-state index is -0.546. The summed E-state index contributed by atoms with van der Waals surface area (Å²) in [5.74, 6) is 0.0859. The molecule has 0 aliphatic carbocycles. The minimum Gasteiger partial charge on any atom is -0.381 e. The number of H-pyrrole nitrogens is 1. The summed E-state index contributed by atoms with van der Waals surface area (Å²) < 4.78 is 5.35. The Kier molecular flexibility index (Phi) is 3.78. The lowest BCUT2D eigenvalue weighted by atomic mass is 9.78. The highest BCUT2D eigenvalue weighted by Gasteiger charge is 2.37. The van der Waals surface area contributed by atoms with E-state index in [1.165, 1.54) is 10.9 Å². The molecule has 1 fully saturated rings. The van der Waals surface area contributed by atoms with Crippen molar-refractivity contribution in [2.45, 2.75) is 32.2 Å². The largest absolute Gasteiger partial charge is 0.381 e. The second-order valence-corrected chi connectivity index (χ2v) is 6.87. The summed E-state index contributed by atoms with van der Waals surface area (Å²) in [6.45, 7) is 2.49. The number of carbonyl (C=O) groups excluding carboxylic acids is 1. The van der Waals surface area contributed by atoms with Crippen molar-refractivity contribution in [3.05, 3.63) is 35.5 Å². The number of hydrogen-bond donors (Lipinski definition) is 1. The molecule has 0 saturated carbocycles. The van der Waals surface area contributed by atoms with E-state index in [1.54, 1.807) is 0 Å². The zero-order chi connectivity index (χ0) is 16.6. The number of amides is 1. The Labute approximate surface area is 141 Å². The predicted octanol–water partition coefficient (Wildman–Crippen LogP) is 2.76. The van der Waals surface area contributed by atoms with Crippen molar-refractivity contribution < 1.29 is 9.53 Å². The Morgan fingerprint density at radius 1 is 1.33 bits per heavy atom. The van der Waals surface area contributed by atoms with E-state index in [-0.39, 0.29) is 5.91 Å². The number of ether oxygens (including phenoxy) is 1. The van der Waals surface area contributed by atoms with Crippen molar-refractivity contribution in [2.24, 2.45) is 5.41 Å². The molecule has 1 aromatic carbocycles. The number of nitrogens with zero attached hydrogens (tertiary/aromatic N) is 2. The van der Waals surface area contributed by atoms with Crippen LogP contribution in [0.2, 0.25) is 0 Å². The minimum absolute atomic E-state index is 0.0859. The van der Waals surface area contributed by atoms with Crippen LogP contribution in [0.25, 0.3) is 10.9 Å². The van der Waals surface area contributed by atoms with Crippen molar-refractivity contribution in [1.29, 1.82) is 5.26 Å². The molecule has 1 N–H and O–H groups in total. The number of benzene rings is 1. The molecule has 3 heterocycles. The molecule has 2 aromatic rings. The van der Waals surface area contributed by atoms with Gasteiger partial charge in [-0.3, -0.25) is 4.79 Å². The van der Waals surface area contributed by atoms with Crippen LogP contribution >= 0.6 is 0 Å². The predicted molar refractivity (Wildman–Crippen MR) is 90.1 cm³/mol. The van der Waals surface area contributed by atoms with Crippen molar-refractivity contribution in [1.82, 2.24) is 9.88 Å². The number of aromatic nitrogens is 1. The molecule has 1 amide bonds. The van der Waals surface area contributed by atoms with Gasteiger partial charge in [-0.25, -0.2) is 0 Å². The molecule has 2 aliphatic rings. The van der Waals surface area contributed by atoms with Gasteiger partial charge in [0.15, 0.2) is 0 Å². The first-order valence-corrected chi connectivity index (χ1v) is 8.56. The fourth-order valence-corrected chi connectivity index (χ4v) is 3.90. The van der Waals surface area contributed by atoms with Crippen molar-refractivity contribution in [2.75, 3.05) is 19.8 Å². The third-order valence-corrected chi connectivity index (χ3v) is 5.41. The molecule has 24 heavy (non-hydrogen) atoms. The van der Waals surface area contributed by atoms with E-state index in [0.717, 1.165) is 24.2 Å². The molecule has 0 spiro atoms. The summed E-state index contributed by atoms with van der Waals surface area (Å²) in [6.07, 6.45) is 2.48. The van der Waals surface area contributed by atoms with Crippen molar-refractivity contribution in [3.63, 3.8) is 0 Å². The highest BCUT2D eigenvalue weighted by atomic mass is 16.5. The fourth-order valence-electron chi connectivity index (χ4n) is 3.90. The molecule has 5 nitrogen and oxygen atoms in total. The third-order valence-electron chi connectivity index (χ3n) is 5.41. The molecule has 0 bridgehead atoms. The van der Waals surface area contributed by atoms with Crippen LogP contribution < -0.4 is 0 Å². The first-order valence-electron chi connectivity index (χ1n) is 8.56. The first-order chi connectivity index (χ1) is 11.7. The standard InChI is InChI=1S/C19H21N3O2/c20-13-19(6-9-24-10-7-19)11-18(23)22-8-5-15-14-3-1-2-4-16(14)21-17(15)12-22/h1-4,21H,5-12H2. The van der Waals surface area contributed by atoms with Crippen molar-refractivity contribution in [3.8, 4) is 6.07 Å². The number of hydrogen-bond acceptors (Lipinski definition) is 3. The van der Waals surface area contributed by atoms with Gasteiger partial charge in [-0.1, -0.05) is 18.2 Å². The summed E-state index contributed by atoms with van der Waals surface area (Å²) in [6, 6.07) is 10.7. The van der Waals surface area contributed by atoms with E-state index in [4.69, 9.17) is 4.74 Å². The Morgan fingerprint density at radius 2 is 2.12 bits per heavy atom. The summed E-state index contributed by atoms with van der Waals surface area (Å²) in [7, 11) is 0. The van der Waals surface area contributed by atoms with Gasteiger partial charge in [-0.2, -0.15) is 5.26 Å². The van der Waals surface area contributed by atoms with Crippen LogP contribution in [0.4, 0.5) is 0 Å². The number of aromatic amines is 1. The number of fused-ring (bicyclic) bond motifs is 3. The van der Waals surface area contributed by atoms with E-state index >= 15 is 0 Å². The third kappa shape index (κ3) is 2.57. The lowest BCUT2D eigenvalue weighted by Gasteiger charge is -2.33. The molecular weight excluding hydrogens is 302 g/mol. The summed E-state index contributed by atoms with van der Waals surface area (Å²) in [4.78, 5) is 18.1. The SMILES string of the molecule is N#CC1(CC(=O)N2CCc3c([nH]c4ccccc34)C2)CCOCC1. The van der Waals surface area contributed by atoms with E-state index in [0.29, 0.717) is 39.0 Å². The maximum atomic E-state index is 12.8. The van der Waals surface area contributed by atoms with Crippen LogP contribution in [0.1, 0.15) is 30.5 Å². The van der Waals surface area contributed by atoms with E-state index in [2.05, 4.69) is 29.3 Å². The van der Waals surface area contributed by atoms with Crippen LogP contribution in [-0.2, 0) is 22.5 Å². The van der Waals surface area contributed by atoms with Gasteiger partial charge in [0.25, 0.3) is 0 Å². The Balaban J connectivity index is 1.52. The number of rotatable bonds is 2. The van der Waals surface area contributed by atoms with Gasteiger partial charge >= 0.3 is 0 Å². The molecular formula is C19H21N3O2. The van der Waals surface area contributed by atoms with Gasteiger partial charge in [-0.15, -0.1) is 0 Å². The number of para-hydroxylation sites is 1. The smallest absolute Gasteiger partial charge is 0.224 e. The number of nitriles is 1. The molecule has 2 aliphatic heterocycles. The molecule has 5 heteroatoms. The molecule has 0 atom stereocenters. The summed E-state index contributed by atoms with van der Waals surface area (Å²) in [5.41, 5.74) is 3.05. The van der Waals surface area contributed by atoms with Gasteiger partial charge in [0.05, 0.1) is 18.0 Å². The lowest BCUT2D eigenvalue weighted by Crippen LogP contribution is -2.40. The number of nitrogens with one attached hydrogen (secondary N) is 1. The molecule has 124 valence electrons. The average molecular weight is 323 g/mol. The molecule has 1 saturated heterocycles. The van der Waals surface area contributed by atoms with Crippen LogP contribution in [0.3, 0.4) is 0 Å². The monoisotopic (exact) mass is 323 g/mol. The number of carbonyl (C=O) groups is 1. The van der Waals surface area contributed by atoms with Gasteiger partial charge in [0, 0.05) is 42.8 Å². The van der Waals surface area contributed by atoms with E-state index in [1.807, 2.05) is 11.0 Å². The van der Waals surface area contributed by atoms with Gasteiger partial charge in [0.1, 0.15) is 0 Å². The highest BCUT2D eigenvalue weighted by Crippen LogP contribution is 2.35. The van der Waals surface area contributed by atoms with E-state index in [9.17, 15) is 10.1 Å². The van der Waals surface area contributed by atoms with Crippen LogP contribution in [-0.4, -0.2) is 35.5 Å². The van der Waals surface area contributed by atoms with Gasteiger partial charge in [0.2, 0.25) is 5.91 Å². The second-order valence-electron chi connectivity index (χ2n) is 6.87. The van der Waals surface area contributed by atoms with Crippen LogP contribution in [0.5, 0.6) is 0 Å². The summed E-state index contributed by atoms with van der Waals surface area (Å²) >= 11 is 0. The van der Waals surface area contributed by atoms with Gasteiger partial charge in [-0.05, 0) is 30.9 Å². The Bertz CT molecular complexity index is 812. The van der Waals surface area contributed by atoms with E-state index < -0.39 is 5.41 Å². The Hall–Kier alpha value is -2.32. The van der Waals surface area contributed by atoms with Crippen molar-refractivity contribution >= 4 is 16.8 Å². The second kappa shape index (κ2) is 5.95. The summed E-state index contributed by atoms with van der Waals surface area (Å²) in [5, 5.41) is 10.8. The highest BCUT2D eigenvalue weighted by molar-refractivity contribution is 5.85.